The summed E-state index contributed by atoms with van der Waals surface area (Å²) in [5, 5.41) is 24.8. The fourth-order valence-corrected chi connectivity index (χ4v) is 4.70. The van der Waals surface area contributed by atoms with Crippen molar-refractivity contribution in [2.75, 3.05) is 4.90 Å². The molecule has 3 aromatic carbocycles. The first-order chi connectivity index (χ1) is 22.8. The third-order valence-corrected chi connectivity index (χ3v) is 6.74. The van der Waals surface area contributed by atoms with E-state index in [-0.39, 0.29) is 35.0 Å². The molecule has 0 aliphatic heterocycles. The van der Waals surface area contributed by atoms with Crippen molar-refractivity contribution in [2.45, 2.75) is 52.9 Å². The van der Waals surface area contributed by atoms with E-state index in [9.17, 15) is 23.1 Å². The molecule has 15 heteroatoms. The molecule has 0 unspecified atom stereocenters. The molecule has 0 spiro atoms. The number of rotatable bonds is 10. The number of halogens is 5. The first kappa shape index (κ1) is 37.7. The van der Waals surface area contributed by atoms with E-state index in [0.29, 0.717) is 11.1 Å². The number of aliphatic carboxylic acids is 1. The number of benzene rings is 3. The monoisotopic (exact) mass is 688 g/mol. The van der Waals surface area contributed by atoms with E-state index in [1.807, 2.05) is 31.2 Å². The van der Waals surface area contributed by atoms with Crippen molar-refractivity contribution in [2.24, 2.45) is 5.73 Å². The molecule has 10 nitrogen and oxygen atoms in total. The van der Waals surface area contributed by atoms with Gasteiger partial charge in [-0.25, -0.2) is 9.59 Å². The molecule has 0 aliphatic carbocycles. The Morgan fingerprint density at radius 3 is 1.92 bits per heavy atom. The number of carboxylic acid groups (broad SMARTS) is 2. The zero-order valence-corrected chi connectivity index (χ0v) is 26.9. The average molecular weight is 689 g/mol. The molecule has 0 radical (unpaired) electrons. The van der Waals surface area contributed by atoms with E-state index < -0.39 is 47.2 Å². The van der Waals surface area contributed by atoms with Gasteiger partial charge in [-0.2, -0.15) is 26.9 Å². The highest BCUT2D eigenvalue weighted by atomic mass is 19.4. The largest absolute Gasteiger partial charge is 0.490 e. The second-order valence-corrected chi connectivity index (χ2v) is 11.1. The minimum absolute atomic E-state index is 0.104. The van der Waals surface area contributed by atoms with Crippen molar-refractivity contribution in [3.05, 3.63) is 95.1 Å². The van der Waals surface area contributed by atoms with Crippen LogP contribution in [0.2, 0.25) is 0 Å². The number of nitrogens with zero attached hydrogens (tertiary/aromatic N) is 2. The van der Waals surface area contributed by atoms with Crippen LogP contribution in [0.4, 0.5) is 27.6 Å². The van der Waals surface area contributed by atoms with Crippen molar-refractivity contribution in [1.29, 1.82) is 5.41 Å². The summed E-state index contributed by atoms with van der Waals surface area (Å²) in [6.45, 7) is 9.05. The van der Waals surface area contributed by atoms with E-state index in [0.717, 1.165) is 11.1 Å². The van der Waals surface area contributed by atoms with Crippen LogP contribution in [-0.4, -0.2) is 51.2 Å². The van der Waals surface area contributed by atoms with Crippen molar-refractivity contribution in [1.82, 2.24) is 4.98 Å². The van der Waals surface area contributed by atoms with Gasteiger partial charge in [0.2, 0.25) is 11.6 Å². The van der Waals surface area contributed by atoms with Crippen LogP contribution in [0.5, 0.6) is 23.3 Å². The number of alkyl halides is 3. The van der Waals surface area contributed by atoms with Gasteiger partial charge in [0, 0.05) is 17.6 Å². The van der Waals surface area contributed by atoms with Crippen LogP contribution in [0.3, 0.4) is 0 Å². The molecule has 0 saturated carbocycles. The summed E-state index contributed by atoms with van der Waals surface area (Å²) in [7, 11) is 0. The zero-order chi connectivity index (χ0) is 36.8. The summed E-state index contributed by atoms with van der Waals surface area (Å²) in [6.07, 6.45) is -5.08. The summed E-state index contributed by atoms with van der Waals surface area (Å²) >= 11 is 0. The molecule has 4 rings (SSSR count). The van der Waals surface area contributed by atoms with Crippen LogP contribution >= 0.6 is 0 Å². The molecule has 1 heterocycles. The van der Waals surface area contributed by atoms with Crippen LogP contribution in [0.25, 0.3) is 11.1 Å². The maximum atomic E-state index is 16.1. The molecular weight excluding hydrogens is 655 g/mol. The number of nitrogens with one attached hydrogen (secondary N) is 1. The lowest BCUT2D eigenvalue weighted by Gasteiger charge is -2.33. The maximum absolute atomic E-state index is 16.1. The van der Waals surface area contributed by atoms with E-state index in [1.165, 1.54) is 29.2 Å². The van der Waals surface area contributed by atoms with Crippen molar-refractivity contribution >= 4 is 23.5 Å². The maximum Gasteiger partial charge on any atom is 0.490 e. The summed E-state index contributed by atoms with van der Waals surface area (Å²) < 4.78 is 75.3. The third-order valence-electron chi connectivity index (χ3n) is 6.74. The van der Waals surface area contributed by atoms with Gasteiger partial charge >= 0.3 is 18.1 Å². The number of ether oxygens (including phenoxy) is 2. The highest BCUT2D eigenvalue weighted by Crippen LogP contribution is 2.40. The quantitative estimate of drug-likeness (QED) is 0.0733. The molecule has 0 bridgehead atoms. The molecule has 0 saturated heterocycles. The number of hydrogen-bond acceptors (Lipinski definition) is 7. The Balaban J connectivity index is 0.000000838. The summed E-state index contributed by atoms with van der Waals surface area (Å²) in [5.74, 6) is -7.80. The third kappa shape index (κ3) is 9.43. The molecule has 0 fully saturated rings. The van der Waals surface area contributed by atoms with Crippen LogP contribution < -0.4 is 20.1 Å². The fraction of sp³-hybridized carbons (Fsp3) is 0.235. The standard InChI is InChI=1S/C32H32F2N4O4.C2HF3O2/c1-17(2)38(18(3)4)28-26(33)30(41-23-11-7-10-22(15-23)29(35)36)37-31(27(28)34)42-25-13-12-21(16-24(25)32(39)40)20-9-6-8-19(5)14-20;3-2(4,5)1(6)7/h6-18H,1-5H3,(H3,35,36)(H,39,40);(H,6,7). The van der Waals surface area contributed by atoms with Crippen LogP contribution in [0, 0.1) is 24.0 Å². The first-order valence-electron chi connectivity index (χ1n) is 14.5. The van der Waals surface area contributed by atoms with Crippen LogP contribution in [0.1, 0.15) is 49.2 Å². The number of amidine groups is 1. The Morgan fingerprint density at radius 1 is 0.857 bits per heavy atom. The van der Waals surface area contributed by atoms with Gasteiger partial charge in [-0.3, -0.25) is 5.41 Å². The summed E-state index contributed by atoms with van der Waals surface area (Å²) in [5.41, 5.74) is 7.65. The molecule has 0 amide bonds. The van der Waals surface area contributed by atoms with Crippen molar-refractivity contribution in [3.63, 3.8) is 0 Å². The first-order valence-corrected chi connectivity index (χ1v) is 14.5. The molecule has 0 aliphatic rings. The van der Waals surface area contributed by atoms with Gasteiger partial charge in [0.15, 0.2) is 0 Å². The van der Waals surface area contributed by atoms with E-state index in [4.69, 9.17) is 30.5 Å². The number of aromatic nitrogens is 1. The van der Waals surface area contributed by atoms with Gasteiger partial charge in [-0.15, -0.1) is 0 Å². The zero-order valence-electron chi connectivity index (χ0n) is 26.9. The predicted octanol–water partition coefficient (Wildman–Crippen LogP) is 8.16. The second-order valence-electron chi connectivity index (χ2n) is 11.1. The fourth-order valence-electron chi connectivity index (χ4n) is 4.70. The average Bonchev–Trinajstić information content (AvgIpc) is 3.01. The Hall–Kier alpha value is -5.73. The number of aromatic carboxylic acids is 1. The predicted molar refractivity (Wildman–Crippen MR) is 172 cm³/mol. The molecule has 0 atom stereocenters. The topological polar surface area (TPSA) is 159 Å². The van der Waals surface area contributed by atoms with Crippen LogP contribution in [-0.2, 0) is 4.79 Å². The molecule has 5 N–H and O–H groups in total. The molecular formula is C34H33F5N4O6. The Bertz CT molecular complexity index is 1860. The number of aryl methyl sites for hydroxylation is 1. The SMILES string of the molecule is Cc1cccc(-c2ccc(Oc3nc(Oc4cccc(C(=N)N)c4)c(F)c(N(C(C)C)C(C)C)c3F)c(C(=O)O)c2)c1.O=C(O)C(F)(F)F. The minimum atomic E-state index is -5.08. The Kier molecular flexibility index (Phi) is 11.9. The molecule has 49 heavy (non-hydrogen) atoms. The number of carboxylic acids is 2. The lowest BCUT2D eigenvalue weighted by Crippen LogP contribution is -2.38. The van der Waals surface area contributed by atoms with Gasteiger partial charge in [-0.05, 0) is 70.0 Å². The van der Waals surface area contributed by atoms with Crippen LogP contribution in [0.15, 0.2) is 66.7 Å². The number of nitrogens with two attached hydrogens (primary N) is 1. The highest BCUT2D eigenvalue weighted by Gasteiger charge is 2.38. The number of pyridine rings is 1. The number of carbonyl (C=O) groups is 2. The number of anilines is 1. The van der Waals surface area contributed by atoms with Gasteiger partial charge < -0.3 is 30.3 Å². The van der Waals surface area contributed by atoms with Gasteiger partial charge in [0.1, 0.15) is 28.6 Å². The van der Waals surface area contributed by atoms with Crippen molar-refractivity contribution in [3.8, 4) is 34.4 Å². The Morgan fingerprint density at radius 2 is 1.41 bits per heavy atom. The van der Waals surface area contributed by atoms with Gasteiger partial charge in [0.25, 0.3) is 11.8 Å². The number of nitrogen functional groups attached to an aromatic ring is 1. The van der Waals surface area contributed by atoms with Crippen molar-refractivity contribution < 1.29 is 51.2 Å². The molecule has 1 aromatic heterocycles. The minimum Gasteiger partial charge on any atom is -0.478 e. The summed E-state index contributed by atoms with van der Waals surface area (Å²) in [4.78, 5) is 26.6. The van der Waals surface area contributed by atoms with E-state index >= 15 is 8.78 Å². The van der Waals surface area contributed by atoms with E-state index in [2.05, 4.69) is 4.98 Å². The smallest absolute Gasteiger partial charge is 0.478 e. The van der Waals surface area contributed by atoms with Gasteiger partial charge in [-0.1, -0.05) is 48.0 Å². The second kappa shape index (κ2) is 15.4. The lowest BCUT2D eigenvalue weighted by atomic mass is 10.0. The van der Waals surface area contributed by atoms with Gasteiger partial charge in [0.05, 0.1) is 0 Å². The normalized spacial score (nSPS) is 11.1. The number of hydrogen-bond donors (Lipinski definition) is 4. The molecule has 4 aromatic rings. The van der Waals surface area contributed by atoms with E-state index in [1.54, 1.807) is 45.9 Å². The Labute approximate surface area is 278 Å². The molecule has 260 valence electrons. The lowest BCUT2D eigenvalue weighted by molar-refractivity contribution is -0.192. The summed E-state index contributed by atoms with van der Waals surface area (Å²) in [6, 6.07) is 17.4. The highest BCUT2D eigenvalue weighted by molar-refractivity contribution is 5.95.